The van der Waals surface area contributed by atoms with Gasteiger partial charge in [-0.2, -0.15) is 0 Å². The van der Waals surface area contributed by atoms with E-state index in [0.29, 0.717) is 5.75 Å². The molecule has 1 unspecified atom stereocenters. The van der Waals surface area contributed by atoms with E-state index in [0.717, 1.165) is 23.3 Å². The normalized spacial score (nSPS) is 17.5. The zero-order chi connectivity index (χ0) is 60.8. The molecule has 0 spiro atoms. The molecule has 80 heavy (non-hydrogen) atoms. The summed E-state index contributed by atoms with van der Waals surface area (Å²) in [6.45, 7) is 46.1. The lowest BCUT2D eigenvalue weighted by Crippen LogP contribution is -2.50. The molecule has 20 heteroatoms. The molecule has 1 aromatic heterocycles. The molecule has 0 amide bonds. The molecule has 1 aliphatic rings. The van der Waals surface area contributed by atoms with Gasteiger partial charge in [-0.3, -0.25) is 23.2 Å². The number of rotatable bonds is 46. The van der Waals surface area contributed by atoms with Crippen LogP contribution in [0.4, 0.5) is 0 Å². The Morgan fingerprint density at radius 1 is 0.537 bits per heavy atom. The second kappa shape index (κ2) is 49.5. The second-order valence-electron chi connectivity index (χ2n) is 22.7. The van der Waals surface area contributed by atoms with Crippen LogP contribution in [0.15, 0.2) is 21.9 Å². The Labute approximate surface area is 498 Å². The molecule has 478 valence electrons. The molecule has 1 aliphatic heterocycles. The van der Waals surface area contributed by atoms with Gasteiger partial charge in [-0.15, -0.1) is 0 Å². The van der Waals surface area contributed by atoms with Gasteiger partial charge >= 0.3 is 5.69 Å². The van der Waals surface area contributed by atoms with Crippen LogP contribution in [0.1, 0.15) is 257 Å². The summed E-state index contributed by atoms with van der Waals surface area (Å²) < 4.78 is 40.4. The molecule has 1 saturated heterocycles. The Balaban J connectivity index is 0. The minimum absolute atomic E-state index is 0.640. The highest BCUT2D eigenvalue weighted by molar-refractivity contribution is 8.77. The van der Waals surface area contributed by atoms with Crippen molar-refractivity contribution in [3.8, 4) is 0 Å². The quantitative estimate of drug-likeness (QED) is 0.0270. The van der Waals surface area contributed by atoms with Gasteiger partial charge in [0.1, 0.15) is 6.10 Å². The Bertz CT molecular complexity index is 1610. The Morgan fingerprint density at radius 3 is 1.09 bits per heavy atom. The predicted molar refractivity (Wildman–Crippen MR) is 336 cm³/mol. The third kappa shape index (κ3) is 37.8. The summed E-state index contributed by atoms with van der Waals surface area (Å²) in [5.74, 6) is 0.716. The van der Waals surface area contributed by atoms with E-state index in [1.807, 2.05) is 11.9 Å². The van der Waals surface area contributed by atoms with Gasteiger partial charge in [0, 0.05) is 18.0 Å². The van der Waals surface area contributed by atoms with Crippen LogP contribution < -0.4 is 25.9 Å². The summed E-state index contributed by atoms with van der Waals surface area (Å²) in [5, 5.41) is 9.75. The fourth-order valence-corrected chi connectivity index (χ4v) is 14.7. The van der Waals surface area contributed by atoms with Crippen molar-refractivity contribution in [1.82, 2.24) is 9.55 Å². The summed E-state index contributed by atoms with van der Waals surface area (Å²) >= 11 is 0. The Hall–Kier alpha value is -0.560. The smallest absolute Gasteiger partial charge is 0.330 e. The van der Waals surface area contributed by atoms with Crippen molar-refractivity contribution in [3.05, 3.63) is 33.1 Å². The average molecular weight is 1220 g/mol. The second-order valence-corrected chi connectivity index (χ2v) is 28.0. The highest BCUT2D eigenvalue weighted by Gasteiger charge is 2.46. The van der Waals surface area contributed by atoms with Crippen molar-refractivity contribution in [2.24, 2.45) is 0 Å². The van der Waals surface area contributed by atoms with E-state index in [4.69, 9.17) is 4.74 Å². The molecule has 16 nitrogen and oxygen atoms in total. The molecule has 2 N–H and O–H groups in total. The van der Waals surface area contributed by atoms with Gasteiger partial charge in [-0.05, 0) is 83.5 Å². The number of aliphatic hydroxyl groups is 1. The number of hydrogen-bond acceptors (Lipinski definition) is 13. The van der Waals surface area contributed by atoms with Crippen molar-refractivity contribution in [3.63, 3.8) is 0 Å². The third-order valence-corrected chi connectivity index (χ3v) is 20.4. The first kappa shape index (κ1) is 81.5. The number of phosphoric acid groups is 2. The number of nitrogens with zero attached hydrogens (tertiary/aromatic N) is 4. The standard InChI is InChI=1S/3C16H36N.C12H20N2O11P2S2/c3*1-5-9-13-17(14-10-6-2,15-11-7-3)16-12-8-4;1-2-5-28-29-10-9(16)7(6-23-27(21,22)25-26(18,19)20)24-11(10)14-4-3-8(15)13-12(14)17/h3*5-16H2,1-4H3;3-4,7,9-11,16H,2,5-6H2,1H3,(H,21,22)(H,13,15,17)(H2,18,19,20)/q3*+1;/p-3/t;;;7-,9-,10-,11-/m...1/s1. The van der Waals surface area contributed by atoms with Gasteiger partial charge in [0.2, 0.25) is 0 Å². The fourth-order valence-electron chi connectivity index (χ4n) is 10.3. The maximum Gasteiger partial charge on any atom is 0.330 e. The number of nitrogens with one attached hydrogen (secondary N) is 1. The molecule has 5 atom stereocenters. The highest BCUT2D eigenvalue weighted by atomic mass is 33.1. The predicted octanol–water partition coefficient (Wildman–Crippen LogP) is 13.3. The minimum Gasteiger partial charge on any atom is -0.790 e. The molecule has 1 aromatic rings. The van der Waals surface area contributed by atoms with E-state index in [9.17, 15) is 38.5 Å². The number of hydrogen-bond donors (Lipinski definition) is 2. The molecule has 1 fully saturated rings. The van der Waals surface area contributed by atoms with Gasteiger partial charge < -0.3 is 47.1 Å². The van der Waals surface area contributed by atoms with Crippen LogP contribution in [0.2, 0.25) is 0 Å². The van der Waals surface area contributed by atoms with E-state index in [1.165, 1.54) is 268 Å². The summed E-state index contributed by atoms with van der Waals surface area (Å²) in [6.07, 6.45) is 31.4. The van der Waals surface area contributed by atoms with Crippen LogP contribution in [-0.4, -0.2) is 136 Å². The van der Waals surface area contributed by atoms with Crippen molar-refractivity contribution in [1.29, 1.82) is 0 Å². The first-order valence-corrected chi connectivity index (χ1v) is 37.6. The minimum atomic E-state index is -5.86. The fraction of sp³-hybridized carbons (Fsp3) is 0.933. The van der Waals surface area contributed by atoms with E-state index >= 15 is 0 Å². The first-order chi connectivity index (χ1) is 38.2. The van der Waals surface area contributed by atoms with Gasteiger partial charge in [0.05, 0.1) is 104 Å². The van der Waals surface area contributed by atoms with Gasteiger partial charge in [-0.25, -0.2) is 4.79 Å². The van der Waals surface area contributed by atoms with Crippen LogP contribution in [0, 0.1) is 0 Å². The molecular weight excluding hydrogens is 1090 g/mol. The number of H-pyrrole nitrogens is 1. The molecule has 0 saturated carbocycles. The van der Waals surface area contributed by atoms with Crippen LogP contribution >= 0.6 is 37.2 Å². The Kier molecular flexibility index (Phi) is 50.5. The van der Waals surface area contributed by atoms with Crippen molar-refractivity contribution in [2.75, 3.05) is 90.9 Å². The van der Waals surface area contributed by atoms with Crippen LogP contribution in [0.3, 0.4) is 0 Å². The van der Waals surface area contributed by atoms with Crippen LogP contribution in [0.25, 0.3) is 0 Å². The summed E-state index contributed by atoms with van der Waals surface area (Å²) in [7, 11) is -8.79. The lowest BCUT2D eigenvalue weighted by atomic mass is 10.1. The topological polar surface area (TPSA) is 206 Å². The molecule has 2 heterocycles. The van der Waals surface area contributed by atoms with Crippen molar-refractivity contribution >= 4 is 37.2 Å². The molecule has 2 rings (SSSR count). The van der Waals surface area contributed by atoms with Crippen molar-refractivity contribution < 1.29 is 55.9 Å². The van der Waals surface area contributed by atoms with E-state index in [-0.39, 0.29) is 0 Å². The lowest BCUT2D eigenvalue weighted by Gasteiger charge is -2.39. The number of phosphoric ester groups is 1. The Morgan fingerprint density at radius 2 is 0.838 bits per heavy atom. The van der Waals surface area contributed by atoms with Crippen LogP contribution in [0.5, 0.6) is 0 Å². The van der Waals surface area contributed by atoms with Gasteiger partial charge in [0.15, 0.2) is 6.23 Å². The lowest BCUT2D eigenvalue weighted by molar-refractivity contribution is -0.929. The number of aromatic nitrogens is 2. The number of quaternary nitrogens is 3. The summed E-state index contributed by atoms with van der Waals surface area (Å²) in [6, 6.07) is 1.07. The third-order valence-electron chi connectivity index (χ3n) is 15.3. The highest BCUT2D eigenvalue weighted by Crippen LogP contribution is 2.51. The molecule has 0 bridgehead atoms. The van der Waals surface area contributed by atoms with E-state index < -0.39 is 57.2 Å². The zero-order valence-corrected chi connectivity index (χ0v) is 57.0. The molecule has 0 radical (unpaired) electrons. The largest absolute Gasteiger partial charge is 0.790 e. The number of aromatic amines is 1. The van der Waals surface area contributed by atoms with Crippen LogP contribution in [-0.2, 0) is 22.7 Å². The molecule has 0 aliphatic carbocycles. The first-order valence-electron chi connectivity index (χ1n) is 32.3. The molecular formula is C60H125N5O11P2S2. The maximum absolute atomic E-state index is 12.1. The average Bonchev–Trinajstić information content (AvgIpc) is 3.76. The number of unbranched alkanes of at least 4 members (excludes halogenated alkanes) is 12. The van der Waals surface area contributed by atoms with Gasteiger partial charge in [-0.1, -0.05) is 189 Å². The molecule has 0 aromatic carbocycles. The van der Waals surface area contributed by atoms with E-state index in [1.54, 1.807) is 0 Å². The SMILES string of the molecule is CCCC[N+](CCCC)(CCCC)CCCC.CCCC[N+](CCCC)(CCCC)CCCC.CCCC[N+](CCCC)(CCCC)CCCC.CCCSS[C@@H]1[C@H](O)[C@@H](COP(=O)([O-])OP(=O)([O-])[O-])O[C@H]1n1ccc(=O)[nH]c1=O. The monoisotopic (exact) mass is 1220 g/mol. The maximum atomic E-state index is 12.1. The van der Waals surface area contributed by atoms with Crippen molar-refractivity contribution in [2.45, 2.75) is 274 Å². The number of aliphatic hydroxyl groups excluding tert-OH is 1. The number of ether oxygens (including phenoxy) is 1. The van der Waals surface area contributed by atoms with E-state index in [2.05, 4.69) is 91.9 Å². The summed E-state index contributed by atoms with van der Waals surface area (Å²) in [4.78, 5) is 57.7. The zero-order valence-electron chi connectivity index (χ0n) is 53.6. The van der Waals surface area contributed by atoms with Gasteiger partial charge in [0.25, 0.3) is 13.4 Å². The summed E-state index contributed by atoms with van der Waals surface area (Å²) in [5.41, 5.74) is -1.45.